The molecule has 1 amide bonds. The van der Waals surface area contributed by atoms with E-state index in [1.54, 1.807) is 6.92 Å². The van der Waals surface area contributed by atoms with Crippen LogP contribution < -0.4 is 14.4 Å². The van der Waals surface area contributed by atoms with Gasteiger partial charge in [0.15, 0.2) is 11.5 Å². The second kappa shape index (κ2) is 7.85. The van der Waals surface area contributed by atoms with E-state index in [1.165, 1.54) is 5.56 Å². The number of benzene rings is 1. The van der Waals surface area contributed by atoms with E-state index in [4.69, 9.17) is 13.9 Å². The minimum atomic E-state index is 0.203. The van der Waals surface area contributed by atoms with Crippen LogP contribution in [0.1, 0.15) is 24.3 Å². The number of carbonyl (C=O) groups excluding carboxylic acids is 1. The van der Waals surface area contributed by atoms with Crippen molar-refractivity contribution in [1.29, 1.82) is 0 Å². The molecule has 0 saturated carbocycles. The molecule has 2 aliphatic heterocycles. The van der Waals surface area contributed by atoms with Crippen molar-refractivity contribution < 1.29 is 18.7 Å². The Kier molecular flexibility index (Phi) is 5.13. The Morgan fingerprint density at radius 2 is 1.85 bits per heavy atom. The van der Waals surface area contributed by atoms with Gasteiger partial charge in [-0.15, -0.1) is 5.10 Å². The molecule has 0 radical (unpaired) electrons. The Morgan fingerprint density at radius 3 is 2.59 bits per heavy atom. The lowest BCUT2D eigenvalue weighted by atomic mass is 10.1. The molecule has 1 fully saturated rings. The van der Waals surface area contributed by atoms with Gasteiger partial charge in [0.2, 0.25) is 11.8 Å². The highest BCUT2D eigenvalue weighted by atomic mass is 16.6. The van der Waals surface area contributed by atoms with Crippen LogP contribution in [0.15, 0.2) is 22.6 Å². The van der Waals surface area contributed by atoms with Crippen LogP contribution in [0.3, 0.4) is 0 Å². The fourth-order valence-corrected chi connectivity index (χ4v) is 3.41. The van der Waals surface area contributed by atoms with Crippen molar-refractivity contribution in [2.75, 3.05) is 44.3 Å². The van der Waals surface area contributed by atoms with Crippen molar-refractivity contribution >= 4 is 11.9 Å². The monoisotopic (exact) mass is 372 g/mol. The van der Waals surface area contributed by atoms with Crippen molar-refractivity contribution in [1.82, 2.24) is 15.1 Å². The van der Waals surface area contributed by atoms with E-state index >= 15 is 0 Å². The normalized spacial score (nSPS) is 16.5. The summed E-state index contributed by atoms with van der Waals surface area (Å²) in [7, 11) is 0. The number of rotatable bonds is 5. The predicted molar refractivity (Wildman–Crippen MR) is 98.2 cm³/mol. The Bertz CT molecular complexity index is 799. The van der Waals surface area contributed by atoms with E-state index in [2.05, 4.69) is 10.2 Å². The summed E-state index contributed by atoms with van der Waals surface area (Å²) in [6, 6.07) is 6.55. The number of hydrogen-bond acceptors (Lipinski definition) is 7. The fraction of sp³-hybridized carbons (Fsp3) is 0.526. The largest absolute Gasteiger partial charge is 0.486 e. The molecule has 4 rings (SSSR count). The van der Waals surface area contributed by atoms with Gasteiger partial charge in [-0.25, -0.2) is 0 Å². The zero-order chi connectivity index (χ0) is 18.6. The highest BCUT2D eigenvalue weighted by molar-refractivity contribution is 5.76. The number of carbonyl (C=O) groups is 1. The lowest BCUT2D eigenvalue weighted by molar-refractivity contribution is -0.131. The van der Waals surface area contributed by atoms with Crippen molar-refractivity contribution in [3.63, 3.8) is 0 Å². The molecule has 0 spiro atoms. The number of nitrogens with zero attached hydrogens (tertiary/aromatic N) is 4. The first-order chi connectivity index (χ1) is 13.2. The predicted octanol–water partition coefficient (Wildman–Crippen LogP) is 1.82. The highest BCUT2D eigenvalue weighted by Crippen LogP contribution is 2.31. The van der Waals surface area contributed by atoms with E-state index in [1.807, 2.05) is 28.0 Å². The molecule has 0 bridgehead atoms. The van der Waals surface area contributed by atoms with Crippen LogP contribution >= 0.6 is 0 Å². The molecule has 1 aromatic carbocycles. The van der Waals surface area contributed by atoms with Crippen LogP contribution in [-0.2, 0) is 11.2 Å². The molecule has 1 saturated heterocycles. The number of piperazine rings is 1. The van der Waals surface area contributed by atoms with Gasteiger partial charge in [-0.1, -0.05) is 11.2 Å². The van der Waals surface area contributed by atoms with Crippen LogP contribution in [0.25, 0.3) is 0 Å². The van der Waals surface area contributed by atoms with Gasteiger partial charge in [-0.05, 0) is 30.5 Å². The third kappa shape index (κ3) is 4.15. The minimum absolute atomic E-state index is 0.203. The number of anilines is 1. The quantitative estimate of drug-likeness (QED) is 0.792. The van der Waals surface area contributed by atoms with Gasteiger partial charge < -0.3 is 23.7 Å². The van der Waals surface area contributed by atoms with Crippen molar-refractivity contribution in [3.8, 4) is 11.5 Å². The van der Waals surface area contributed by atoms with Crippen LogP contribution in [0.5, 0.6) is 11.5 Å². The third-order valence-corrected chi connectivity index (χ3v) is 4.88. The number of aryl methyl sites for hydroxylation is 2. The first-order valence-corrected chi connectivity index (χ1v) is 9.40. The number of amides is 1. The van der Waals surface area contributed by atoms with Crippen molar-refractivity contribution in [3.05, 3.63) is 29.7 Å². The Hall–Kier alpha value is -2.77. The van der Waals surface area contributed by atoms with E-state index in [9.17, 15) is 4.79 Å². The maximum Gasteiger partial charge on any atom is 0.318 e. The van der Waals surface area contributed by atoms with Crippen molar-refractivity contribution in [2.24, 2.45) is 0 Å². The number of aromatic nitrogens is 2. The molecule has 3 heterocycles. The second-order valence-corrected chi connectivity index (χ2v) is 6.80. The first kappa shape index (κ1) is 17.6. The summed E-state index contributed by atoms with van der Waals surface area (Å²) in [5, 5.41) is 7.90. The SMILES string of the molecule is Cc1nnc(N2CCN(C(=O)CCCc3ccc4c(c3)OCCO4)CC2)o1. The summed E-state index contributed by atoms with van der Waals surface area (Å²) in [5.74, 6) is 2.37. The van der Waals surface area contributed by atoms with Gasteiger partial charge in [-0.2, -0.15) is 0 Å². The zero-order valence-electron chi connectivity index (χ0n) is 15.5. The van der Waals surface area contributed by atoms with Gasteiger partial charge in [0, 0.05) is 39.5 Å². The molecule has 0 unspecified atom stereocenters. The third-order valence-electron chi connectivity index (χ3n) is 4.88. The van der Waals surface area contributed by atoms with Gasteiger partial charge in [-0.3, -0.25) is 4.79 Å². The second-order valence-electron chi connectivity index (χ2n) is 6.80. The summed E-state index contributed by atoms with van der Waals surface area (Å²) in [4.78, 5) is 16.4. The molecule has 0 atom stereocenters. The van der Waals surface area contributed by atoms with E-state index in [0.717, 1.165) is 37.4 Å². The summed E-state index contributed by atoms with van der Waals surface area (Å²) < 4.78 is 16.6. The van der Waals surface area contributed by atoms with Crippen LogP contribution in [0, 0.1) is 6.92 Å². The molecule has 0 aliphatic carbocycles. The van der Waals surface area contributed by atoms with Gasteiger partial charge in [0.05, 0.1) is 0 Å². The summed E-state index contributed by atoms with van der Waals surface area (Å²) in [6.07, 6.45) is 2.22. The molecular formula is C19H24N4O4. The van der Waals surface area contributed by atoms with E-state index in [0.29, 0.717) is 44.6 Å². The standard InChI is InChI=1S/C19H24N4O4/c1-14-20-21-19(27-14)23-9-7-22(8-10-23)18(24)4-2-3-15-5-6-16-17(13-15)26-12-11-25-16/h5-6,13H,2-4,7-12H2,1H3. The van der Waals surface area contributed by atoms with Gasteiger partial charge in [0.25, 0.3) is 0 Å². The minimum Gasteiger partial charge on any atom is -0.486 e. The molecule has 1 aromatic heterocycles. The van der Waals surface area contributed by atoms with Crippen molar-refractivity contribution in [2.45, 2.75) is 26.2 Å². The average molecular weight is 372 g/mol. The Balaban J connectivity index is 1.22. The topological polar surface area (TPSA) is 80.9 Å². The smallest absolute Gasteiger partial charge is 0.318 e. The summed E-state index contributed by atoms with van der Waals surface area (Å²) >= 11 is 0. The zero-order valence-corrected chi connectivity index (χ0v) is 15.5. The lowest BCUT2D eigenvalue weighted by Gasteiger charge is -2.33. The summed E-state index contributed by atoms with van der Waals surface area (Å²) in [6.45, 7) is 5.77. The Morgan fingerprint density at radius 1 is 1.07 bits per heavy atom. The van der Waals surface area contributed by atoms with Gasteiger partial charge >= 0.3 is 6.01 Å². The van der Waals surface area contributed by atoms with E-state index < -0.39 is 0 Å². The first-order valence-electron chi connectivity index (χ1n) is 9.40. The molecule has 8 heteroatoms. The number of hydrogen-bond donors (Lipinski definition) is 0. The van der Waals surface area contributed by atoms with Crippen LogP contribution in [-0.4, -0.2) is 60.4 Å². The molecule has 0 N–H and O–H groups in total. The van der Waals surface area contributed by atoms with Gasteiger partial charge in [0.1, 0.15) is 13.2 Å². The maximum absolute atomic E-state index is 12.5. The van der Waals surface area contributed by atoms with Crippen LogP contribution in [0.2, 0.25) is 0 Å². The fourth-order valence-electron chi connectivity index (χ4n) is 3.41. The average Bonchev–Trinajstić information content (AvgIpc) is 3.14. The van der Waals surface area contributed by atoms with E-state index in [-0.39, 0.29) is 5.91 Å². The molecule has 144 valence electrons. The molecule has 2 aliphatic rings. The molecule has 27 heavy (non-hydrogen) atoms. The highest BCUT2D eigenvalue weighted by Gasteiger charge is 2.23. The maximum atomic E-state index is 12.5. The lowest BCUT2D eigenvalue weighted by Crippen LogP contribution is -2.48. The molecule has 2 aromatic rings. The van der Waals surface area contributed by atoms with Crippen LogP contribution in [0.4, 0.5) is 6.01 Å². The number of ether oxygens (including phenoxy) is 2. The molecule has 8 nitrogen and oxygen atoms in total. The molecular weight excluding hydrogens is 348 g/mol. The Labute approximate surface area is 158 Å². The summed E-state index contributed by atoms with van der Waals surface area (Å²) in [5.41, 5.74) is 1.17. The number of fused-ring (bicyclic) bond motifs is 1.